The Bertz CT molecular complexity index is 1210. The molecule has 7 heteroatoms. The number of amides is 2. The quantitative estimate of drug-likeness (QED) is 0.545. The van der Waals surface area contributed by atoms with Crippen LogP contribution in [0.15, 0.2) is 60.7 Å². The molecule has 0 unspecified atom stereocenters. The van der Waals surface area contributed by atoms with E-state index in [0.717, 1.165) is 11.1 Å². The molecule has 0 atom stereocenters. The fourth-order valence-corrected chi connectivity index (χ4v) is 4.09. The third-order valence-electron chi connectivity index (χ3n) is 5.78. The molecule has 7 nitrogen and oxygen atoms in total. The SMILES string of the molecule is COc1ccc(NC(=O)COc2cccc3c2CCN(Cc2cccc(C)c2)C3=O)c(OC)c1. The second kappa shape index (κ2) is 10.3. The Hall–Kier alpha value is -4.00. The zero-order valence-electron chi connectivity index (χ0n) is 19.6. The number of ether oxygens (including phenoxy) is 3. The van der Waals surface area contributed by atoms with Gasteiger partial charge in [-0.1, -0.05) is 35.9 Å². The van der Waals surface area contributed by atoms with Gasteiger partial charge in [-0.05, 0) is 43.2 Å². The van der Waals surface area contributed by atoms with Gasteiger partial charge in [-0.25, -0.2) is 0 Å². The van der Waals surface area contributed by atoms with Crippen molar-refractivity contribution in [1.82, 2.24) is 4.90 Å². The van der Waals surface area contributed by atoms with E-state index in [2.05, 4.69) is 11.4 Å². The van der Waals surface area contributed by atoms with Crippen LogP contribution in [-0.2, 0) is 17.8 Å². The second-order valence-electron chi connectivity index (χ2n) is 8.15. The van der Waals surface area contributed by atoms with E-state index in [4.69, 9.17) is 14.2 Å². The maximum Gasteiger partial charge on any atom is 0.262 e. The normalized spacial score (nSPS) is 12.7. The lowest BCUT2D eigenvalue weighted by Crippen LogP contribution is -2.37. The number of nitrogens with one attached hydrogen (secondary N) is 1. The second-order valence-corrected chi connectivity index (χ2v) is 8.15. The van der Waals surface area contributed by atoms with Gasteiger partial charge in [-0.2, -0.15) is 0 Å². The molecule has 0 aliphatic carbocycles. The molecule has 2 amide bonds. The van der Waals surface area contributed by atoms with Crippen molar-refractivity contribution in [1.29, 1.82) is 0 Å². The van der Waals surface area contributed by atoms with Crippen LogP contribution >= 0.6 is 0 Å². The monoisotopic (exact) mass is 460 g/mol. The Morgan fingerprint density at radius 3 is 2.59 bits per heavy atom. The molecule has 0 aromatic heterocycles. The van der Waals surface area contributed by atoms with Crippen LogP contribution in [0, 0.1) is 6.92 Å². The summed E-state index contributed by atoms with van der Waals surface area (Å²) in [5, 5.41) is 2.79. The van der Waals surface area contributed by atoms with Gasteiger partial charge in [0.15, 0.2) is 6.61 Å². The van der Waals surface area contributed by atoms with E-state index in [1.807, 2.05) is 36.1 Å². The third kappa shape index (κ3) is 5.14. The summed E-state index contributed by atoms with van der Waals surface area (Å²) in [4.78, 5) is 27.5. The van der Waals surface area contributed by atoms with Gasteiger partial charge in [-0.15, -0.1) is 0 Å². The first-order valence-corrected chi connectivity index (χ1v) is 11.1. The number of nitrogens with zero attached hydrogens (tertiary/aromatic N) is 1. The first kappa shape index (κ1) is 23.2. The van der Waals surface area contributed by atoms with Crippen molar-refractivity contribution in [2.24, 2.45) is 0 Å². The van der Waals surface area contributed by atoms with E-state index < -0.39 is 0 Å². The Balaban J connectivity index is 1.42. The number of hydrogen-bond acceptors (Lipinski definition) is 5. The number of methoxy groups -OCH3 is 2. The van der Waals surface area contributed by atoms with Gasteiger partial charge in [0.05, 0.1) is 19.9 Å². The summed E-state index contributed by atoms with van der Waals surface area (Å²) in [5.41, 5.74) is 4.25. The largest absolute Gasteiger partial charge is 0.497 e. The van der Waals surface area contributed by atoms with Crippen LogP contribution in [0.25, 0.3) is 0 Å². The molecule has 0 bridgehead atoms. The van der Waals surface area contributed by atoms with E-state index in [0.29, 0.717) is 48.0 Å². The summed E-state index contributed by atoms with van der Waals surface area (Å²) in [6.07, 6.45) is 0.664. The molecule has 0 saturated carbocycles. The minimum Gasteiger partial charge on any atom is -0.497 e. The molecule has 34 heavy (non-hydrogen) atoms. The molecule has 1 N–H and O–H groups in total. The molecule has 4 rings (SSSR count). The summed E-state index contributed by atoms with van der Waals surface area (Å²) >= 11 is 0. The van der Waals surface area contributed by atoms with Crippen molar-refractivity contribution in [3.8, 4) is 17.2 Å². The average molecular weight is 461 g/mol. The van der Waals surface area contributed by atoms with Gasteiger partial charge in [-0.3, -0.25) is 9.59 Å². The van der Waals surface area contributed by atoms with Crippen LogP contribution in [0.1, 0.15) is 27.0 Å². The maximum absolute atomic E-state index is 13.1. The molecule has 3 aromatic carbocycles. The Labute approximate surface area is 199 Å². The van der Waals surface area contributed by atoms with Crippen LogP contribution in [0.3, 0.4) is 0 Å². The minimum atomic E-state index is -0.329. The standard InChI is InChI=1S/C27H28N2O5/c1-18-6-4-7-19(14-18)16-29-13-12-21-22(27(29)31)8-5-9-24(21)34-17-26(30)28-23-11-10-20(32-2)15-25(23)33-3/h4-11,14-15H,12-13,16-17H2,1-3H3,(H,28,30). The molecule has 3 aromatic rings. The molecule has 1 heterocycles. The molecule has 0 spiro atoms. The van der Waals surface area contributed by atoms with Crippen LogP contribution in [0.5, 0.6) is 17.2 Å². The highest BCUT2D eigenvalue weighted by molar-refractivity contribution is 5.97. The topological polar surface area (TPSA) is 77.1 Å². The summed E-state index contributed by atoms with van der Waals surface area (Å²) in [6, 6.07) is 18.7. The molecule has 1 aliphatic heterocycles. The molecule has 0 saturated heterocycles. The highest BCUT2D eigenvalue weighted by atomic mass is 16.5. The predicted octanol–water partition coefficient (Wildman–Crippen LogP) is 4.23. The van der Waals surface area contributed by atoms with Crippen LogP contribution in [0.4, 0.5) is 5.69 Å². The Morgan fingerprint density at radius 1 is 1.00 bits per heavy atom. The van der Waals surface area contributed by atoms with Crippen molar-refractivity contribution >= 4 is 17.5 Å². The number of hydrogen-bond donors (Lipinski definition) is 1. The van der Waals surface area contributed by atoms with E-state index in [1.54, 1.807) is 37.4 Å². The first-order chi connectivity index (χ1) is 16.5. The van der Waals surface area contributed by atoms with Crippen molar-refractivity contribution in [3.05, 3.63) is 82.9 Å². The number of carbonyl (C=O) groups excluding carboxylic acids is 2. The summed E-state index contributed by atoms with van der Waals surface area (Å²) in [6.45, 7) is 3.01. The lowest BCUT2D eigenvalue weighted by atomic mass is 9.97. The Morgan fingerprint density at radius 2 is 1.82 bits per heavy atom. The Kier molecular flexibility index (Phi) is 7.01. The van der Waals surface area contributed by atoms with Gasteiger partial charge in [0, 0.05) is 30.3 Å². The van der Waals surface area contributed by atoms with Crippen LogP contribution < -0.4 is 19.5 Å². The molecule has 0 radical (unpaired) electrons. The van der Waals surface area contributed by atoms with Crippen molar-refractivity contribution in [3.63, 3.8) is 0 Å². The number of benzene rings is 3. The average Bonchev–Trinajstić information content (AvgIpc) is 2.85. The molecule has 176 valence electrons. The van der Waals surface area contributed by atoms with Gasteiger partial charge < -0.3 is 24.4 Å². The first-order valence-electron chi connectivity index (χ1n) is 11.1. The fourth-order valence-electron chi connectivity index (χ4n) is 4.09. The van der Waals surface area contributed by atoms with Gasteiger partial charge >= 0.3 is 0 Å². The number of carbonyl (C=O) groups is 2. The lowest BCUT2D eigenvalue weighted by molar-refractivity contribution is -0.118. The smallest absolute Gasteiger partial charge is 0.262 e. The molecular formula is C27H28N2O5. The van der Waals surface area contributed by atoms with E-state index in [9.17, 15) is 9.59 Å². The summed E-state index contributed by atoms with van der Waals surface area (Å²) in [5.74, 6) is 1.31. The number of aryl methyl sites for hydroxylation is 1. The predicted molar refractivity (Wildman–Crippen MR) is 130 cm³/mol. The van der Waals surface area contributed by atoms with Crippen LogP contribution in [0.2, 0.25) is 0 Å². The zero-order valence-corrected chi connectivity index (χ0v) is 19.6. The van der Waals surface area contributed by atoms with Crippen molar-refractivity contribution in [2.45, 2.75) is 19.9 Å². The highest BCUT2D eigenvalue weighted by Crippen LogP contribution is 2.30. The third-order valence-corrected chi connectivity index (χ3v) is 5.78. The van der Waals surface area contributed by atoms with Gasteiger partial charge in [0.2, 0.25) is 0 Å². The molecule has 1 aliphatic rings. The highest BCUT2D eigenvalue weighted by Gasteiger charge is 2.27. The molecular weight excluding hydrogens is 432 g/mol. The van der Waals surface area contributed by atoms with E-state index in [-0.39, 0.29) is 18.4 Å². The van der Waals surface area contributed by atoms with Crippen LogP contribution in [-0.4, -0.2) is 44.1 Å². The van der Waals surface area contributed by atoms with Crippen molar-refractivity contribution in [2.75, 3.05) is 32.7 Å². The van der Waals surface area contributed by atoms with Gasteiger partial charge in [0.1, 0.15) is 17.2 Å². The summed E-state index contributed by atoms with van der Waals surface area (Å²) in [7, 11) is 3.09. The fraction of sp³-hybridized carbons (Fsp3) is 0.259. The zero-order chi connectivity index (χ0) is 24.1. The van der Waals surface area contributed by atoms with E-state index in [1.165, 1.54) is 12.7 Å². The van der Waals surface area contributed by atoms with Gasteiger partial charge in [0.25, 0.3) is 11.8 Å². The minimum absolute atomic E-state index is 0.0272. The van der Waals surface area contributed by atoms with Crippen molar-refractivity contribution < 1.29 is 23.8 Å². The van der Waals surface area contributed by atoms with E-state index >= 15 is 0 Å². The summed E-state index contributed by atoms with van der Waals surface area (Å²) < 4.78 is 16.3. The molecule has 0 fully saturated rings. The number of anilines is 1. The number of fused-ring (bicyclic) bond motifs is 1. The lowest BCUT2D eigenvalue weighted by Gasteiger charge is -2.29. The number of rotatable bonds is 8. The maximum atomic E-state index is 13.1.